The van der Waals surface area contributed by atoms with Gasteiger partial charge >= 0.3 is 12.6 Å². The number of ether oxygens (including phenoxy) is 2. The normalized spacial score (nSPS) is 13.2. The van der Waals surface area contributed by atoms with Gasteiger partial charge in [-0.2, -0.15) is 8.78 Å². The Bertz CT molecular complexity index is 793. The number of carboxylic acid groups (broad SMARTS) is 1. The number of carbonyl (C=O) groups excluding carboxylic acids is 1. The van der Waals surface area contributed by atoms with Crippen molar-refractivity contribution < 1.29 is 33.0 Å². The molecule has 1 amide bonds. The first-order valence-electron chi connectivity index (χ1n) is 7.91. The van der Waals surface area contributed by atoms with Gasteiger partial charge in [-0.1, -0.05) is 0 Å². The van der Waals surface area contributed by atoms with E-state index >= 15 is 0 Å². The van der Waals surface area contributed by atoms with Gasteiger partial charge in [0.15, 0.2) is 0 Å². The third-order valence-corrected chi connectivity index (χ3v) is 4.75. The van der Waals surface area contributed by atoms with Gasteiger partial charge in [0.05, 0.1) is 23.4 Å². The number of hydrogen-bond donors (Lipinski definition) is 2. The summed E-state index contributed by atoms with van der Waals surface area (Å²) in [7, 11) is 1.43. The fraction of sp³-hybridized carbons (Fsp3) is 0.333. The number of benzene rings is 1. The lowest BCUT2D eigenvalue weighted by molar-refractivity contribution is -0.139. The van der Waals surface area contributed by atoms with Crippen molar-refractivity contribution in [2.24, 2.45) is 0 Å². The van der Waals surface area contributed by atoms with Crippen molar-refractivity contribution in [1.29, 1.82) is 0 Å². The van der Waals surface area contributed by atoms with E-state index < -0.39 is 24.0 Å². The molecule has 0 fully saturated rings. The van der Waals surface area contributed by atoms with Crippen molar-refractivity contribution in [1.82, 2.24) is 5.32 Å². The van der Waals surface area contributed by atoms with Crippen LogP contribution in [0, 0.1) is 0 Å². The maximum absolute atomic E-state index is 12.5. The lowest BCUT2D eigenvalue weighted by atomic mass is 9.99. The highest BCUT2D eigenvalue weighted by molar-refractivity contribution is 7.17. The first-order valence-corrected chi connectivity index (χ1v) is 8.72. The Morgan fingerprint density at radius 2 is 1.89 bits per heavy atom. The van der Waals surface area contributed by atoms with Gasteiger partial charge in [-0.25, -0.2) is 0 Å². The number of carbonyl (C=O) groups is 2. The van der Waals surface area contributed by atoms with Crippen molar-refractivity contribution in [2.75, 3.05) is 13.7 Å². The summed E-state index contributed by atoms with van der Waals surface area (Å²) in [4.78, 5) is 24.7. The van der Waals surface area contributed by atoms with E-state index in [9.17, 15) is 18.4 Å². The molecule has 2 aromatic rings. The van der Waals surface area contributed by atoms with Gasteiger partial charge in [-0.3, -0.25) is 9.59 Å². The Balaban J connectivity index is 2.11. The van der Waals surface area contributed by atoms with E-state index in [1.807, 2.05) is 0 Å². The Kier molecular flexibility index (Phi) is 6.86. The topological polar surface area (TPSA) is 84.9 Å². The van der Waals surface area contributed by atoms with E-state index in [-0.39, 0.29) is 18.8 Å². The smallest absolute Gasteiger partial charge is 0.387 e. The summed E-state index contributed by atoms with van der Waals surface area (Å²) in [6.45, 7) is -1.24. The highest BCUT2D eigenvalue weighted by Crippen LogP contribution is 2.30. The molecular weight excluding hydrogens is 380 g/mol. The number of halogens is 2. The molecular formula is C18H19F2NO5S. The van der Waals surface area contributed by atoms with E-state index in [0.29, 0.717) is 4.88 Å². The number of aliphatic carboxylic acids is 1. The lowest BCUT2D eigenvalue weighted by Crippen LogP contribution is -2.50. The number of alkyl halides is 2. The molecule has 27 heavy (non-hydrogen) atoms. The summed E-state index contributed by atoms with van der Waals surface area (Å²) in [5.74, 6) is -1.41. The molecule has 2 rings (SSSR count). The van der Waals surface area contributed by atoms with E-state index in [4.69, 9.17) is 9.84 Å². The SMILES string of the molecule is COCC(C)(CC(=O)O)NC(=O)c1ccc(-c2ccc(OC(F)F)cc2)s1. The molecule has 146 valence electrons. The molecule has 6 nitrogen and oxygen atoms in total. The van der Waals surface area contributed by atoms with Crippen LogP contribution < -0.4 is 10.1 Å². The number of carboxylic acids is 1. The molecule has 0 aliphatic heterocycles. The second kappa shape index (κ2) is 8.92. The molecule has 9 heteroatoms. The average Bonchev–Trinajstić information content (AvgIpc) is 3.04. The van der Waals surface area contributed by atoms with E-state index in [1.54, 1.807) is 31.2 Å². The van der Waals surface area contributed by atoms with Gasteiger partial charge in [-0.05, 0) is 48.9 Å². The quantitative estimate of drug-likeness (QED) is 0.673. The number of hydrogen-bond acceptors (Lipinski definition) is 5. The Labute approximate surface area is 158 Å². The third-order valence-electron chi connectivity index (χ3n) is 3.61. The molecule has 0 saturated heterocycles. The summed E-state index contributed by atoms with van der Waals surface area (Å²) >= 11 is 1.20. The molecule has 2 N–H and O–H groups in total. The number of amides is 1. The summed E-state index contributed by atoms with van der Waals surface area (Å²) in [6, 6.07) is 9.42. The zero-order valence-corrected chi connectivity index (χ0v) is 15.5. The van der Waals surface area contributed by atoms with Crippen LogP contribution in [0.15, 0.2) is 36.4 Å². The number of rotatable bonds is 9. The molecule has 1 atom stereocenters. The predicted molar refractivity (Wildman–Crippen MR) is 96.4 cm³/mol. The maximum Gasteiger partial charge on any atom is 0.387 e. The van der Waals surface area contributed by atoms with Crippen LogP contribution in [0.2, 0.25) is 0 Å². The molecule has 0 bridgehead atoms. The van der Waals surface area contributed by atoms with Gasteiger partial charge in [0.25, 0.3) is 5.91 Å². The second-order valence-electron chi connectivity index (χ2n) is 6.09. The Hall–Kier alpha value is -2.52. The highest BCUT2D eigenvalue weighted by atomic mass is 32.1. The number of thiophene rings is 1. The molecule has 0 saturated carbocycles. The van der Waals surface area contributed by atoms with Crippen molar-refractivity contribution in [2.45, 2.75) is 25.5 Å². The summed E-state index contributed by atoms with van der Waals surface area (Å²) in [6.07, 6.45) is -0.281. The fourth-order valence-corrected chi connectivity index (χ4v) is 3.44. The summed E-state index contributed by atoms with van der Waals surface area (Å²) < 4.78 is 33.7. The molecule has 1 aromatic heterocycles. The molecule has 1 unspecified atom stereocenters. The summed E-state index contributed by atoms with van der Waals surface area (Å²) in [5, 5.41) is 11.7. The largest absolute Gasteiger partial charge is 0.481 e. The first kappa shape index (κ1) is 20.8. The second-order valence-corrected chi connectivity index (χ2v) is 7.17. The van der Waals surface area contributed by atoms with Crippen molar-refractivity contribution in [3.63, 3.8) is 0 Å². The standard InChI is InChI=1S/C18H19F2NO5S/c1-18(10-25-2,9-15(22)23)21-16(24)14-8-7-13(27-14)11-3-5-12(6-4-11)26-17(19)20/h3-8,17H,9-10H2,1-2H3,(H,21,24)(H,22,23). The van der Waals surface area contributed by atoms with Crippen LogP contribution >= 0.6 is 11.3 Å². The van der Waals surface area contributed by atoms with Crippen LogP contribution in [-0.4, -0.2) is 42.9 Å². The minimum Gasteiger partial charge on any atom is -0.481 e. The average molecular weight is 399 g/mol. The van der Waals surface area contributed by atoms with E-state index in [2.05, 4.69) is 10.1 Å². The van der Waals surface area contributed by atoms with Crippen LogP contribution in [0.4, 0.5) is 8.78 Å². The Morgan fingerprint density at radius 1 is 1.22 bits per heavy atom. The van der Waals surface area contributed by atoms with Crippen molar-refractivity contribution >= 4 is 23.2 Å². The van der Waals surface area contributed by atoms with Gasteiger partial charge in [0.2, 0.25) is 0 Å². The van der Waals surface area contributed by atoms with Gasteiger partial charge in [0, 0.05) is 12.0 Å². The van der Waals surface area contributed by atoms with Gasteiger partial charge in [0.1, 0.15) is 5.75 Å². The zero-order valence-electron chi connectivity index (χ0n) is 14.7. The van der Waals surface area contributed by atoms with E-state index in [0.717, 1.165) is 10.4 Å². The Morgan fingerprint density at radius 3 is 2.44 bits per heavy atom. The summed E-state index contributed by atoms with van der Waals surface area (Å²) in [5.41, 5.74) is -0.304. The minimum atomic E-state index is -2.89. The van der Waals surface area contributed by atoms with Crippen molar-refractivity contribution in [3.8, 4) is 16.2 Å². The third kappa shape index (κ3) is 6.00. The van der Waals surface area contributed by atoms with Crippen LogP contribution in [0.1, 0.15) is 23.0 Å². The zero-order chi connectivity index (χ0) is 20.0. The monoisotopic (exact) mass is 399 g/mol. The highest BCUT2D eigenvalue weighted by Gasteiger charge is 2.30. The van der Waals surface area contributed by atoms with Crippen LogP contribution in [0.3, 0.4) is 0 Å². The molecule has 0 spiro atoms. The maximum atomic E-state index is 12.5. The molecule has 1 heterocycles. The predicted octanol–water partition coefficient (Wildman–Crippen LogP) is 3.63. The van der Waals surface area contributed by atoms with Crippen molar-refractivity contribution in [3.05, 3.63) is 41.3 Å². The minimum absolute atomic E-state index is 0.0484. The van der Waals surface area contributed by atoms with Crippen LogP contribution in [-0.2, 0) is 9.53 Å². The molecule has 0 aliphatic rings. The number of methoxy groups -OCH3 is 1. The van der Waals surface area contributed by atoms with Gasteiger partial charge < -0.3 is 19.9 Å². The van der Waals surface area contributed by atoms with Crippen LogP contribution in [0.25, 0.3) is 10.4 Å². The molecule has 0 radical (unpaired) electrons. The van der Waals surface area contributed by atoms with Gasteiger partial charge in [-0.15, -0.1) is 11.3 Å². The molecule has 0 aliphatic carbocycles. The van der Waals surface area contributed by atoms with Crippen LogP contribution in [0.5, 0.6) is 5.75 Å². The van der Waals surface area contributed by atoms with E-state index in [1.165, 1.54) is 30.6 Å². The number of nitrogens with one attached hydrogen (secondary N) is 1. The lowest BCUT2D eigenvalue weighted by Gasteiger charge is -2.28. The molecule has 1 aromatic carbocycles. The first-order chi connectivity index (χ1) is 12.7. The fourth-order valence-electron chi connectivity index (χ4n) is 2.54.